The minimum atomic E-state index is -4.49. The Morgan fingerprint density at radius 1 is 1.47 bits per heavy atom. The molecule has 19 heavy (non-hydrogen) atoms. The minimum absolute atomic E-state index is 0.0347. The number of amides is 1. The first kappa shape index (κ1) is 15.4. The molecular formula is C9H11N3O5S2. The number of nitro groups is 1. The average molecular weight is 305 g/mol. The fourth-order valence-corrected chi connectivity index (χ4v) is 2.70. The molecule has 0 aliphatic carbocycles. The van der Waals surface area contributed by atoms with E-state index in [1.807, 2.05) is 0 Å². The van der Waals surface area contributed by atoms with E-state index in [1.54, 1.807) is 0 Å². The van der Waals surface area contributed by atoms with Crippen LogP contribution in [0.4, 0.5) is 5.69 Å². The standard InChI is InChI=1S/C9H11N3O5S2/c1-6(18)9(13)11(10)19(16,17)8-5-3-2-4-7(8)12(14)15/h2-6,18H,10H2,1H3. The molecule has 8 nitrogen and oxygen atoms in total. The van der Waals surface area contributed by atoms with Crippen molar-refractivity contribution in [3.63, 3.8) is 0 Å². The molecule has 0 radical (unpaired) electrons. The predicted molar refractivity (Wildman–Crippen MR) is 69.8 cm³/mol. The Labute approximate surface area is 114 Å². The van der Waals surface area contributed by atoms with Crippen LogP contribution in [0.1, 0.15) is 6.92 Å². The number of carbonyl (C=O) groups excluding carboxylic acids is 1. The number of rotatable bonds is 4. The molecule has 0 saturated heterocycles. The van der Waals surface area contributed by atoms with Gasteiger partial charge in [0.15, 0.2) is 4.90 Å². The Kier molecular flexibility index (Phi) is 4.50. The summed E-state index contributed by atoms with van der Waals surface area (Å²) in [7, 11) is -4.49. The molecule has 1 atom stereocenters. The van der Waals surface area contributed by atoms with Gasteiger partial charge in [0.05, 0.1) is 10.2 Å². The summed E-state index contributed by atoms with van der Waals surface area (Å²) in [6, 6.07) is 4.61. The van der Waals surface area contributed by atoms with Gasteiger partial charge in [-0.3, -0.25) is 14.9 Å². The lowest BCUT2D eigenvalue weighted by atomic mass is 10.3. The van der Waals surface area contributed by atoms with E-state index in [0.29, 0.717) is 0 Å². The number of hydrogen-bond acceptors (Lipinski definition) is 7. The number of nitro benzene ring substituents is 1. The molecule has 1 amide bonds. The molecule has 0 spiro atoms. The first-order valence-corrected chi connectivity index (χ1v) is 6.90. The van der Waals surface area contributed by atoms with Gasteiger partial charge < -0.3 is 0 Å². The SMILES string of the molecule is CC(S)C(=O)N(N)S(=O)(=O)c1ccccc1[N+](=O)[O-]. The molecule has 0 aliphatic rings. The summed E-state index contributed by atoms with van der Waals surface area (Å²) in [6.45, 7) is 1.33. The Hall–Kier alpha value is -1.65. The second-order valence-electron chi connectivity index (χ2n) is 3.54. The molecule has 0 heterocycles. The number of carbonyl (C=O) groups is 1. The van der Waals surface area contributed by atoms with Gasteiger partial charge in [-0.2, -0.15) is 25.5 Å². The summed E-state index contributed by atoms with van der Waals surface area (Å²) in [5.74, 6) is 4.24. The zero-order valence-electron chi connectivity index (χ0n) is 9.76. The molecule has 0 aliphatic heterocycles. The Balaban J connectivity index is 3.36. The molecule has 0 saturated carbocycles. The van der Waals surface area contributed by atoms with Crippen molar-refractivity contribution < 1.29 is 18.1 Å². The van der Waals surface area contributed by atoms with Crippen LogP contribution in [0.15, 0.2) is 29.2 Å². The molecule has 0 bridgehead atoms. The van der Waals surface area contributed by atoms with E-state index in [1.165, 1.54) is 19.1 Å². The van der Waals surface area contributed by atoms with Gasteiger partial charge in [-0.1, -0.05) is 12.1 Å². The number of para-hydroxylation sites is 1. The van der Waals surface area contributed by atoms with Gasteiger partial charge >= 0.3 is 0 Å². The summed E-state index contributed by atoms with van der Waals surface area (Å²) in [5, 5.41) is 9.82. The zero-order chi connectivity index (χ0) is 14.8. The van der Waals surface area contributed by atoms with E-state index >= 15 is 0 Å². The zero-order valence-corrected chi connectivity index (χ0v) is 11.5. The maximum absolute atomic E-state index is 12.0. The van der Waals surface area contributed by atoms with Crippen LogP contribution in [0, 0.1) is 10.1 Å². The van der Waals surface area contributed by atoms with Crippen LogP contribution in [0.5, 0.6) is 0 Å². The van der Waals surface area contributed by atoms with E-state index in [0.717, 1.165) is 12.1 Å². The number of benzene rings is 1. The fourth-order valence-electron chi connectivity index (χ4n) is 1.23. The smallest absolute Gasteiger partial charge is 0.271 e. The van der Waals surface area contributed by atoms with Crippen LogP contribution in [-0.4, -0.2) is 28.9 Å². The van der Waals surface area contributed by atoms with Gasteiger partial charge in [0, 0.05) is 6.07 Å². The van der Waals surface area contributed by atoms with E-state index < -0.39 is 36.7 Å². The summed E-state index contributed by atoms with van der Waals surface area (Å²) >= 11 is 3.77. The predicted octanol–water partition coefficient (Wildman–Crippen LogP) is 0.304. The van der Waals surface area contributed by atoms with Gasteiger partial charge in [0.2, 0.25) is 0 Å². The Bertz CT molecular complexity index is 614. The molecule has 0 aromatic heterocycles. The Morgan fingerprint density at radius 2 is 2.00 bits per heavy atom. The number of sulfonamides is 1. The molecular weight excluding hydrogens is 294 g/mol. The Morgan fingerprint density at radius 3 is 2.47 bits per heavy atom. The molecule has 0 fully saturated rings. The number of nitrogens with zero attached hydrogens (tertiary/aromatic N) is 2. The third kappa shape index (κ3) is 3.03. The maximum Gasteiger partial charge on any atom is 0.289 e. The van der Waals surface area contributed by atoms with Crippen molar-refractivity contribution in [2.75, 3.05) is 0 Å². The largest absolute Gasteiger partial charge is 0.289 e. The van der Waals surface area contributed by atoms with Crippen molar-refractivity contribution in [3.8, 4) is 0 Å². The van der Waals surface area contributed by atoms with Crippen molar-refractivity contribution in [2.24, 2.45) is 5.84 Å². The lowest BCUT2D eigenvalue weighted by Crippen LogP contribution is -2.45. The summed E-state index contributed by atoms with van der Waals surface area (Å²) in [4.78, 5) is 20.8. The first-order valence-electron chi connectivity index (χ1n) is 4.95. The second kappa shape index (κ2) is 5.55. The lowest BCUT2D eigenvalue weighted by molar-refractivity contribution is -0.387. The number of hydrazine groups is 1. The third-order valence-electron chi connectivity index (χ3n) is 2.17. The van der Waals surface area contributed by atoms with Crippen LogP contribution in [0.25, 0.3) is 0 Å². The number of thiol groups is 1. The highest BCUT2D eigenvalue weighted by atomic mass is 32.2. The van der Waals surface area contributed by atoms with Crippen LogP contribution in [-0.2, 0) is 14.8 Å². The third-order valence-corrected chi connectivity index (χ3v) is 3.99. The summed E-state index contributed by atoms with van der Waals surface area (Å²) in [5.41, 5.74) is -0.655. The van der Waals surface area contributed by atoms with Crippen molar-refractivity contribution in [3.05, 3.63) is 34.4 Å². The van der Waals surface area contributed by atoms with E-state index in [-0.39, 0.29) is 4.41 Å². The number of hydrogen-bond donors (Lipinski definition) is 2. The molecule has 1 aromatic rings. The maximum atomic E-state index is 12.0. The van der Waals surface area contributed by atoms with Crippen molar-refractivity contribution in [2.45, 2.75) is 17.1 Å². The summed E-state index contributed by atoms with van der Waals surface area (Å²) in [6.07, 6.45) is 0. The van der Waals surface area contributed by atoms with Crippen LogP contribution in [0.2, 0.25) is 0 Å². The van der Waals surface area contributed by atoms with E-state index in [9.17, 15) is 23.3 Å². The molecule has 2 N–H and O–H groups in total. The molecule has 10 heteroatoms. The van der Waals surface area contributed by atoms with Crippen LogP contribution < -0.4 is 5.84 Å². The normalized spacial score (nSPS) is 12.8. The van der Waals surface area contributed by atoms with Crippen LogP contribution >= 0.6 is 12.6 Å². The molecule has 1 unspecified atom stereocenters. The van der Waals surface area contributed by atoms with Gasteiger partial charge in [0.25, 0.3) is 21.6 Å². The van der Waals surface area contributed by atoms with Gasteiger partial charge in [-0.25, -0.2) is 5.84 Å². The molecule has 1 rings (SSSR count). The van der Waals surface area contributed by atoms with E-state index in [2.05, 4.69) is 12.6 Å². The second-order valence-corrected chi connectivity index (χ2v) is 6.10. The fraction of sp³-hybridized carbons (Fsp3) is 0.222. The minimum Gasteiger partial charge on any atom is -0.271 e. The molecule has 1 aromatic carbocycles. The van der Waals surface area contributed by atoms with Crippen molar-refractivity contribution >= 4 is 34.2 Å². The monoisotopic (exact) mass is 305 g/mol. The van der Waals surface area contributed by atoms with E-state index in [4.69, 9.17) is 5.84 Å². The number of nitrogens with two attached hydrogens (primary N) is 1. The highest BCUT2D eigenvalue weighted by Gasteiger charge is 2.33. The van der Waals surface area contributed by atoms with Gasteiger partial charge in [0.1, 0.15) is 0 Å². The van der Waals surface area contributed by atoms with Gasteiger partial charge in [-0.15, -0.1) is 0 Å². The van der Waals surface area contributed by atoms with Crippen molar-refractivity contribution in [1.82, 2.24) is 4.41 Å². The van der Waals surface area contributed by atoms with Crippen LogP contribution in [0.3, 0.4) is 0 Å². The quantitative estimate of drug-likeness (QED) is 0.271. The van der Waals surface area contributed by atoms with Crippen molar-refractivity contribution in [1.29, 1.82) is 0 Å². The topological polar surface area (TPSA) is 124 Å². The summed E-state index contributed by atoms with van der Waals surface area (Å²) < 4.78 is 24.1. The first-order chi connectivity index (χ1) is 8.69. The lowest BCUT2D eigenvalue weighted by Gasteiger charge is -2.18. The highest BCUT2D eigenvalue weighted by molar-refractivity contribution is 7.90. The molecule has 104 valence electrons. The van der Waals surface area contributed by atoms with Gasteiger partial charge in [-0.05, 0) is 13.0 Å². The average Bonchev–Trinajstić information content (AvgIpc) is 2.36. The highest BCUT2D eigenvalue weighted by Crippen LogP contribution is 2.25.